The Morgan fingerprint density at radius 1 is 0.870 bits per heavy atom. The minimum Gasteiger partial charge on any atom is -0.336 e. The number of carbonyl (C=O) groups excluding carboxylic acids is 1. The standard InChI is InChI=1S/C20H22N2O/c23-20(19-11-5-2-6-12-19)22-16-14-21(15-17-22)13-7-10-18-8-3-1-4-9-18/h1-12H,13-17H2/b10-7+. The second-order valence-corrected chi connectivity index (χ2v) is 5.77. The first-order valence-corrected chi connectivity index (χ1v) is 8.11. The van der Waals surface area contributed by atoms with Gasteiger partial charge in [0.05, 0.1) is 0 Å². The molecule has 1 heterocycles. The molecule has 0 saturated carbocycles. The highest BCUT2D eigenvalue weighted by Gasteiger charge is 2.21. The van der Waals surface area contributed by atoms with Gasteiger partial charge in [-0.25, -0.2) is 0 Å². The number of hydrogen-bond donors (Lipinski definition) is 0. The molecule has 3 nitrogen and oxygen atoms in total. The van der Waals surface area contributed by atoms with Crippen LogP contribution in [0.4, 0.5) is 0 Å². The number of carbonyl (C=O) groups is 1. The maximum atomic E-state index is 12.4. The van der Waals surface area contributed by atoms with Gasteiger partial charge < -0.3 is 4.90 Å². The summed E-state index contributed by atoms with van der Waals surface area (Å²) >= 11 is 0. The molecule has 0 atom stereocenters. The molecular weight excluding hydrogens is 284 g/mol. The minimum absolute atomic E-state index is 0.144. The highest BCUT2D eigenvalue weighted by atomic mass is 16.2. The molecule has 2 aromatic carbocycles. The Labute approximate surface area is 137 Å². The summed E-state index contributed by atoms with van der Waals surface area (Å²) in [6.45, 7) is 4.39. The van der Waals surface area contributed by atoms with E-state index < -0.39 is 0 Å². The van der Waals surface area contributed by atoms with E-state index in [9.17, 15) is 4.79 Å². The van der Waals surface area contributed by atoms with E-state index in [2.05, 4.69) is 29.2 Å². The molecule has 0 radical (unpaired) electrons. The predicted molar refractivity (Wildman–Crippen MR) is 94.3 cm³/mol. The predicted octanol–water partition coefficient (Wildman–Crippen LogP) is 3.16. The van der Waals surface area contributed by atoms with Crippen molar-refractivity contribution in [2.24, 2.45) is 0 Å². The van der Waals surface area contributed by atoms with Crippen LogP contribution in [0.3, 0.4) is 0 Å². The SMILES string of the molecule is O=C(c1ccccc1)N1CCN(C/C=C/c2ccccc2)CC1. The van der Waals surface area contributed by atoms with E-state index in [4.69, 9.17) is 0 Å². The van der Waals surface area contributed by atoms with Gasteiger partial charge in [0.15, 0.2) is 0 Å². The van der Waals surface area contributed by atoms with E-state index in [1.165, 1.54) is 5.56 Å². The monoisotopic (exact) mass is 306 g/mol. The summed E-state index contributed by atoms with van der Waals surface area (Å²) in [6.07, 6.45) is 4.35. The fraction of sp³-hybridized carbons (Fsp3) is 0.250. The zero-order chi connectivity index (χ0) is 15.9. The fourth-order valence-electron chi connectivity index (χ4n) is 2.80. The summed E-state index contributed by atoms with van der Waals surface area (Å²) in [7, 11) is 0. The molecule has 3 rings (SSSR count). The average molecular weight is 306 g/mol. The summed E-state index contributed by atoms with van der Waals surface area (Å²) in [4.78, 5) is 16.7. The highest BCUT2D eigenvalue weighted by Crippen LogP contribution is 2.09. The maximum absolute atomic E-state index is 12.4. The van der Waals surface area contributed by atoms with Crippen molar-refractivity contribution in [2.75, 3.05) is 32.7 Å². The minimum atomic E-state index is 0.144. The number of piperazine rings is 1. The van der Waals surface area contributed by atoms with Crippen molar-refractivity contribution in [3.63, 3.8) is 0 Å². The normalized spacial score (nSPS) is 15.9. The first-order chi connectivity index (χ1) is 11.3. The summed E-state index contributed by atoms with van der Waals surface area (Å²) < 4.78 is 0. The molecule has 23 heavy (non-hydrogen) atoms. The van der Waals surface area contributed by atoms with Crippen LogP contribution in [0.2, 0.25) is 0 Å². The molecule has 1 fully saturated rings. The second-order valence-electron chi connectivity index (χ2n) is 5.77. The molecule has 2 aromatic rings. The van der Waals surface area contributed by atoms with E-state index in [0.717, 1.165) is 38.3 Å². The molecule has 0 aliphatic carbocycles. The van der Waals surface area contributed by atoms with Crippen molar-refractivity contribution in [3.8, 4) is 0 Å². The molecule has 0 unspecified atom stereocenters. The summed E-state index contributed by atoms with van der Waals surface area (Å²) in [6, 6.07) is 19.9. The first-order valence-electron chi connectivity index (χ1n) is 8.11. The van der Waals surface area contributed by atoms with Crippen LogP contribution in [-0.4, -0.2) is 48.4 Å². The van der Waals surface area contributed by atoms with Crippen molar-refractivity contribution < 1.29 is 4.79 Å². The van der Waals surface area contributed by atoms with Gasteiger partial charge in [-0.1, -0.05) is 60.7 Å². The van der Waals surface area contributed by atoms with E-state index in [1.54, 1.807) is 0 Å². The zero-order valence-corrected chi connectivity index (χ0v) is 13.3. The van der Waals surface area contributed by atoms with Gasteiger partial charge in [0.25, 0.3) is 5.91 Å². The molecule has 0 aromatic heterocycles. The molecule has 1 aliphatic rings. The third kappa shape index (κ3) is 4.30. The van der Waals surface area contributed by atoms with Gasteiger partial charge in [0, 0.05) is 38.3 Å². The lowest BCUT2D eigenvalue weighted by Gasteiger charge is -2.34. The van der Waals surface area contributed by atoms with E-state index in [1.807, 2.05) is 53.4 Å². The molecule has 0 bridgehead atoms. The van der Waals surface area contributed by atoms with Crippen LogP contribution in [0.5, 0.6) is 0 Å². The molecule has 0 N–H and O–H groups in total. The quantitative estimate of drug-likeness (QED) is 0.866. The van der Waals surface area contributed by atoms with E-state index in [-0.39, 0.29) is 5.91 Å². The average Bonchev–Trinajstić information content (AvgIpc) is 2.63. The number of hydrogen-bond acceptors (Lipinski definition) is 2. The van der Waals surface area contributed by atoms with Gasteiger partial charge in [0.2, 0.25) is 0 Å². The summed E-state index contributed by atoms with van der Waals surface area (Å²) in [5.74, 6) is 0.144. The van der Waals surface area contributed by atoms with Crippen molar-refractivity contribution in [1.82, 2.24) is 9.80 Å². The third-order valence-electron chi connectivity index (χ3n) is 4.15. The van der Waals surface area contributed by atoms with Crippen molar-refractivity contribution >= 4 is 12.0 Å². The lowest BCUT2D eigenvalue weighted by atomic mass is 10.2. The topological polar surface area (TPSA) is 23.6 Å². The van der Waals surface area contributed by atoms with Crippen LogP contribution in [0, 0.1) is 0 Å². The lowest BCUT2D eigenvalue weighted by molar-refractivity contribution is 0.0650. The molecule has 1 saturated heterocycles. The molecular formula is C20H22N2O. The van der Waals surface area contributed by atoms with Gasteiger partial charge in [-0.3, -0.25) is 9.69 Å². The zero-order valence-electron chi connectivity index (χ0n) is 13.3. The molecule has 1 amide bonds. The van der Waals surface area contributed by atoms with Crippen molar-refractivity contribution in [1.29, 1.82) is 0 Å². The van der Waals surface area contributed by atoms with Crippen LogP contribution in [0.15, 0.2) is 66.7 Å². The van der Waals surface area contributed by atoms with Crippen LogP contribution in [-0.2, 0) is 0 Å². The number of nitrogens with zero attached hydrogens (tertiary/aromatic N) is 2. The Balaban J connectivity index is 1.47. The Hall–Kier alpha value is -2.39. The van der Waals surface area contributed by atoms with Gasteiger partial charge >= 0.3 is 0 Å². The number of benzene rings is 2. The summed E-state index contributed by atoms with van der Waals surface area (Å²) in [5, 5.41) is 0. The lowest BCUT2D eigenvalue weighted by Crippen LogP contribution is -2.48. The Kier molecular flexibility index (Phi) is 5.22. The van der Waals surface area contributed by atoms with Crippen LogP contribution in [0.1, 0.15) is 15.9 Å². The smallest absolute Gasteiger partial charge is 0.253 e. The Morgan fingerprint density at radius 2 is 1.48 bits per heavy atom. The van der Waals surface area contributed by atoms with Gasteiger partial charge in [-0.05, 0) is 17.7 Å². The van der Waals surface area contributed by atoms with Crippen LogP contribution >= 0.6 is 0 Å². The molecule has 118 valence electrons. The van der Waals surface area contributed by atoms with Crippen LogP contribution in [0.25, 0.3) is 6.08 Å². The number of rotatable bonds is 4. The molecule has 1 aliphatic heterocycles. The van der Waals surface area contributed by atoms with E-state index >= 15 is 0 Å². The third-order valence-corrected chi connectivity index (χ3v) is 4.15. The van der Waals surface area contributed by atoms with Gasteiger partial charge in [-0.15, -0.1) is 0 Å². The maximum Gasteiger partial charge on any atom is 0.253 e. The fourth-order valence-corrected chi connectivity index (χ4v) is 2.80. The van der Waals surface area contributed by atoms with Crippen LogP contribution < -0.4 is 0 Å². The second kappa shape index (κ2) is 7.75. The van der Waals surface area contributed by atoms with Crippen molar-refractivity contribution in [2.45, 2.75) is 0 Å². The highest BCUT2D eigenvalue weighted by molar-refractivity contribution is 5.94. The molecule has 0 spiro atoms. The van der Waals surface area contributed by atoms with Crippen molar-refractivity contribution in [3.05, 3.63) is 77.9 Å². The molecule has 3 heteroatoms. The Morgan fingerprint density at radius 3 is 2.13 bits per heavy atom. The van der Waals surface area contributed by atoms with Gasteiger partial charge in [-0.2, -0.15) is 0 Å². The number of amides is 1. The largest absolute Gasteiger partial charge is 0.336 e. The van der Waals surface area contributed by atoms with E-state index in [0.29, 0.717) is 0 Å². The first kappa shape index (κ1) is 15.5. The summed E-state index contributed by atoms with van der Waals surface area (Å²) in [5.41, 5.74) is 2.01. The van der Waals surface area contributed by atoms with Gasteiger partial charge in [0.1, 0.15) is 0 Å². The Bertz CT molecular complexity index is 644.